The summed E-state index contributed by atoms with van der Waals surface area (Å²) in [6, 6.07) is 6.00. The zero-order chi connectivity index (χ0) is 15.2. The van der Waals surface area contributed by atoms with Crippen LogP contribution in [0.4, 0.5) is 0 Å². The Bertz CT molecular complexity index is 596. The van der Waals surface area contributed by atoms with E-state index in [2.05, 4.69) is 21.2 Å². The largest absolute Gasteiger partial charge is 0.493 e. The van der Waals surface area contributed by atoms with E-state index in [9.17, 15) is 4.79 Å². The molecule has 0 bridgehead atoms. The molecule has 1 aromatic heterocycles. The van der Waals surface area contributed by atoms with Crippen LogP contribution in [0.3, 0.4) is 0 Å². The molecule has 0 atom stereocenters. The second-order valence-corrected chi connectivity index (χ2v) is 5.05. The van der Waals surface area contributed by atoms with E-state index >= 15 is 0 Å². The van der Waals surface area contributed by atoms with Crippen molar-refractivity contribution in [2.24, 2.45) is 0 Å². The van der Waals surface area contributed by atoms with E-state index in [1.807, 2.05) is 26.0 Å². The molecule has 6 heteroatoms. The molecule has 0 saturated heterocycles. The van der Waals surface area contributed by atoms with Gasteiger partial charge in [-0.3, -0.25) is 9.89 Å². The molecule has 1 amide bonds. The summed E-state index contributed by atoms with van der Waals surface area (Å²) in [6.07, 6.45) is 1.76. The van der Waals surface area contributed by atoms with Crippen molar-refractivity contribution in [3.63, 3.8) is 0 Å². The fourth-order valence-corrected chi connectivity index (χ4v) is 2.02. The van der Waals surface area contributed by atoms with Gasteiger partial charge in [0.1, 0.15) is 17.9 Å². The molecule has 1 N–H and O–H groups in total. The Morgan fingerprint density at radius 1 is 1.38 bits per heavy atom. The minimum atomic E-state index is 0.0103. The van der Waals surface area contributed by atoms with E-state index in [1.54, 1.807) is 11.9 Å². The molecule has 2 aromatic rings. The van der Waals surface area contributed by atoms with E-state index in [-0.39, 0.29) is 5.91 Å². The highest BCUT2D eigenvalue weighted by Gasteiger charge is 2.11. The first-order valence-corrected chi connectivity index (χ1v) is 6.84. The predicted octanol–water partition coefficient (Wildman–Crippen LogP) is 1.85. The molecule has 112 valence electrons. The number of aryl methyl sites for hydroxylation is 2. The maximum atomic E-state index is 12.0. The summed E-state index contributed by atoms with van der Waals surface area (Å²) in [5.74, 6) is 1.50. The Morgan fingerprint density at radius 3 is 2.86 bits per heavy atom. The van der Waals surface area contributed by atoms with E-state index in [0.29, 0.717) is 25.4 Å². The number of aromatic amines is 1. The highest BCUT2D eigenvalue weighted by molar-refractivity contribution is 5.75. The Labute approximate surface area is 124 Å². The van der Waals surface area contributed by atoms with Crippen LogP contribution < -0.4 is 4.74 Å². The molecule has 1 aromatic carbocycles. The quantitative estimate of drug-likeness (QED) is 0.880. The molecular weight excluding hydrogens is 268 g/mol. The van der Waals surface area contributed by atoms with Crippen LogP contribution in [0.25, 0.3) is 0 Å². The molecule has 0 aliphatic heterocycles. The summed E-state index contributed by atoms with van der Waals surface area (Å²) in [6.45, 7) is 4.82. The van der Waals surface area contributed by atoms with Crippen LogP contribution in [-0.2, 0) is 11.3 Å². The van der Waals surface area contributed by atoms with Gasteiger partial charge in [-0.15, -0.1) is 0 Å². The van der Waals surface area contributed by atoms with Crippen molar-refractivity contribution in [2.45, 2.75) is 26.8 Å². The number of ether oxygens (including phenoxy) is 1. The molecule has 0 aliphatic carbocycles. The maximum Gasteiger partial charge on any atom is 0.226 e. The first kappa shape index (κ1) is 15.0. The molecule has 1 heterocycles. The summed E-state index contributed by atoms with van der Waals surface area (Å²) in [5, 5.41) is 6.49. The minimum absolute atomic E-state index is 0.0103. The Morgan fingerprint density at radius 2 is 2.19 bits per heavy atom. The van der Waals surface area contributed by atoms with Crippen LogP contribution in [0.2, 0.25) is 0 Å². The van der Waals surface area contributed by atoms with Gasteiger partial charge in [0.25, 0.3) is 0 Å². The number of nitrogens with zero attached hydrogens (tertiary/aromatic N) is 3. The van der Waals surface area contributed by atoms with Crippen LogP contribution in [-0.4, -0.2) is 39.6 Å². The summed E-state index contributed by atoms with van der Waals surface area (Å²) < 4.78 is 5.66. The van der Waals surface area contributed by atoms with Gasteiger partial charge >= 0.3 is 0 Å². The highest BCUT2D eigenvalue weighted by atomic mass is 16.5. The van der Waals surface area contributed by atoms with Crippen molar-refractivity contribution in [3.05, 3.63) is 41.5 Å². The highest BCUT2D eigenvalue weighted by Crippen LogP contribution is 2.18. The first-order valence-electron chi connectivity index (χ1n) is 6.84. The average Bonchev–Trinajstić information content (AvgIpc) is 2.94. The van der Waals surface area contributed by atoms with E-state index in [4.69, 9.17) is 4.74 Å². The van der Waals surface area contributed by atoms with Gasteiger partial charge < -0.3 is 9.64 Å². The fourth-order valence-electron chi connectivity index (χ4n) is 2.02. The monoisotopic (exact) mass is 288 g/mol. The summed E-state index contributed by atoms with van der Waals surface area (Å²) >= 11 is 0. The number of rotatable bonds is 6. The van der Waals surface area contributed by atoms with Crippen LogP contribution in [0, 0.1) is 13.8 Å². The zero-order valence-corrected chi connectivity index (χ0v) is 12.6. The normalized spacial score (nSPS) is 10.4. The molecule has 6 nitrogen and oxygen atoms in total. The molecule has 2 rings (SSSR count). The van der Waals surface area contributed by atoms with Crippen molar-refractivity contribution >= 4 is 5.91 Å². The smallest absolute Gasteiger partial charge is 0.226 e. The lowest BCUT2D eigenvalue weighted by Gasteiger charge is -2.16. The van der Waals surface area contributed by atoms with Crippen LogP contribution >= 0.6 is 0 Å². The third kappa shape index (κ3) is 4.30. The van der Waals surface area contributed by atoms with Crippen LogP contribution in [0.1, 0.15) is 23.4 Å². The molecule has 0 fully saturated rings. The van der Waals surface area contributed by atoms with Gasteiger partial charge in [0.05, 0.1) is 19.6 Å². The SMILES string of the molecule is Cc1ccc(OCCC(=O)N(C)Cc2ncn[nH]2)c(C)c1. The van der Waals surface area contributed by atoms with Crippen molar-refractivity contribution in [2.75, 3.05) is 13.7 Å². The van der Waals surface area contributed by atoms with Crippen LogP contribution in [0.15, 0.2) is 24.5 Å². The first-order chi connectivity index (χ1) is 10.1. The standard InChI is InChI=1S/C15H20N4O2/c1-11-4-5-13(12(2)8-11)21-7-6-15(20)19(3)9-14-16-10-17-18-14/h4-5,8,10H,6-7,9H2,1-3H3,(H,16,17,18). The van der Waals surface area contributed by atoms with Gasteiger partial charge in [-0.05, 0) is 25.5 Å². The van der Waals surface area contributed by atoms with E-state index in [1.165, 1.54) is 11.9 Å². The van der Waals surface area contributed by atoms with Gasteiger partial charge in [0.2, 0.25) is 5.91 Å². The summed E-state index contributed by atoms with van der Waals surface area (Å²) in [4.78, 5) is 17.6. The molecule has 21 heavy (non-hydrogen) atoms. The molecule has 0 spiro atoms. The van der Waals surface area contributed by atoms with Gasteiger partial charge in [-0.2, -0.15) is 5.10 Å². The number of amides is 1. The Balaban J connectivity index is 1.78. The lowest BCUT2D eigenvalue weighted by Crippen LogP contribution is -2.28. The molecule has 0 unspecified atom stereocenters. The number of hydrogen-bond acceptors (Lipinski definition) is 4. The lowest BCUT2D eigenvalue weighted by molar-refractivity contribution is -0.131. The van der Waals surface area contributed by atoms with E-state index in [0.717, 1.165) is 11.3 Å². The van der Waals surface area contributed by atoms with E-state index < -0.39 is 0 Å². The lowest BCUT2D eigenvalue weighted by atomic mass is 10.1. The van der Waals surface area contributed by atoms with Gasteiger partial charge in [0, 0.05) is 7.05 Å². The fraction of sp³-hybridized carbons (Fsp3) is 0.400. The number of nitrogens with one attached hydrogen (secondary N) is 1. The third-order valence-electron chi connectivity index (χ3n) is 3.18. The van der Waals surface area contributed by atoms with Crippen molar-refractivity contribution in [1.82, 2.24) is 20.1 Å². The predicted molar refractivity (Wildman–Crippen MR) is 78.9 cm³/mol. The number of carbonyl (C=O) groups is 1. The number of hydrogen-bond donors (Lipinski definition) is 1. The number of H-pyrrole nitrogens is 1. The average molecular weight is 288 g/mol. The Kier molecular flexibility index (Phi) is 4.92. The number of aromatic nitrogens is 3. The van der Waals surface area contributed by atoms with Crippen LogP contribution in [0.5, 0.6) is 5.75 Å². The van der Waals surface area contributed by atoms with Gasteiger partial charge in [0.15, 0.2) is 0 Å². The molecule has 0 saturated carbocycles. The van der Waals surface area contributed by atoms with Gasteiger partial charge in [-0.1, -0.05) is 17.7 Å². The summed E-state index contributed by atoms with van der Waals surface area (Å²) in [5.41, 5.74) is 2.28. The summed E-state index contributed by atoms with van der Waals surface area (Å²) in [7, 11) is 1.74. The van der Waals surface area contributed by atoms with Crippen molar-refractivity contribution < 1.29 is 9.53 Å². The molecule has 0 radical (unpaired) electrons. The zero-order valence-electron chi connectivity index (χ0n) is 12.6. The maximum absolute atomic E-state index is 12.0. The molecule has 0 aliphatic rings. The second-order valence-electron chi connectivity index (χ2n) is 5.05. The minimum Gasteiger partial charge on any atom is -0.493 e. The second kappa shape index (κ2) is 6.88. The number of carbonyl (C=O) groups excluding carboxylic acids is 1. The molecular formula is C15H20N4O2. The Hall–Kier alpha value is -2.37. The number of benzene rings is 1. The van der Waals surface area contributed by atoms with Gasteiger partial charge in [-0.25, -0.2) is 4.98 Å². The van der Waals surface area contributed by atoms with Crippen molar-refractivity contribution in [1.29, 1.82) is 0 Å². The third-order valence-corrected chi connectivity index (χ3v) is 3.18. The van der Waals surface area contributed by atoms with Crippen molar-refractivity contribution in [3.8, 4) is 5.75 Å². The topological polar surface area (TPSA) is 71.1 Å².